The lowest BCUT2D eigenvalue weighted by atomic mass is 10.00. The first-order valence-electron chi connectivity index (χ1n) is 7.22. The molecule has 0 aromatic heterocycles. The van der Waals surface area contributed by atoms with Crippen molar-refractivity contribution in [2.45, 2.75) is 13.0 Å². The zero-order valence-corrected chi connectivity index (χ0v) is 12.1. The van der Waals surface area contributed by atoms with Crippen molar-refractivity contribution in [3.63, 3.8) is 0 Å². The summed E-state index contributed by atoms with van der Waals surface area (Å²) in [6.45, 7) is 1.12. The quantitative estimate of drug-likeness (QED) is 0.813. The number of hydrogen-bond donors (Lipinski definition) is 3. The van der Waals surface area contributed by atoms with E-state index in [1.807, 2.05) is 42.5 Å². The molecule has 0 atom stereocenters. The van der Waals surface area contributed by atoms with Gasteiger partial charge in [-0.25, -0.2) is 4.79 Å². The maximum atomic E-state index is 11.9. The maximum absolute atomic E-state index is 11.9. The summed E-state index contributed by atoms with van der Waals surface area (Å²) in [5, 5.41) is 8.34. The predicted molar refractivity (Wildman–Crippen MR) is 84.8 cm³/mol. The van der Waals surface area contributed by atoms with Gasteiger partial charge >= 0.3 is 6.03 Å². The van der Waals surface area contributed by atoms with Crippen LogP contribution in [0.4, 0.5) is 10.5 Å². The fraction of sp³-hybridized carbons (Fsp3) is 0.176. The van der Waals surface area contributed by atoms with E-state index in [0.717, 1.165) is 17.5 Å². The molecule has 0 fully saturated rings. The summed E-state index contributed by atoms with van der Waals surface area (Å²) < 4.78 is 0. The van der Waals surface area contributed by atoms with Gasteiger partial charge in [0, 0.05) is 24.3 Å². The van der Waals surface area contributed by atoms with E-state index in [1.54, 1.807) is 6.07 Å². The van der Waals surface area contributed by atoms with Gasteiger partial charge in [-0.3, -0.25) is 4.79 Å². The number of amides is 3. The molecule has 0 saturated heterocycles. The average molecular weight is 295 g/mol. The predicted octanol–water partition coefficient (Wildman–Crippen LogP) is 2.29. The summed E-state index contributed by atoms with van der Waals surface area (Å²) in [6.07, 6.45) is 0.821. The average Bonchev–Trinajstić information content (AvgIpc) is 2.55. The van der Waals surface area contributed by atoms with Crippen LogP contribution in [0.1, 0.15) is 21.5 Å². The minimum absolute atomic E-state index is 0.0883. The first-order chi connectivity index (χ1) is 10.7. The summed E-state index contributed by atoms with van der Waals surface area (Å²) >= 11 is 0. The van der Waals surface area contributed by atoms with Gasteiger partial charge in [-0.15, -0.1) is 0 Å². The van der Waals surface area contributed by atoms with Crippen molar-refractivity contribution in [3.05, 3.63) is 65.2 Å². The molecular weight excluding hydrogens is 278 g/mol. The van der Waals surface area contributed by atoms with E-state index in [2.05, 4.69) is 16.0 Å². The molecule has 112 valence electrons. The first-order valence-corrected chi connectivity index (χ1v) is 7.22. The van der Waals surface area contributed by atoms with Crippen LogP contribution in [0.5, 0.6) is 0 Å². The molecular formula is C17H17N3O2. The zero-order chi connectivity index (χ0) is 15.4. The molecule has 2 aromatic rings. The van der Waals surface area contributed by atoms with Crippen LogP contribution in [0.2, 0.25) is 0 Å². The SMILES string of the molecule is O=C(NCc1ccccc1)Nc1ccc2c(c1)C(=O)NCC2. The van der Waals surface area contributed by atoms with Crippen molar-refractivity contribution < 1.29 is 9.59 Å². The van der Waals surface area contributed by atoms with Crippen molar-refractivity contribution in [1.82, 2.24) is 10.6 Å². The smallest absolute Gasteiger partial charge is 0.319 e. The molecule has 5 nitrogen and oxygen atoms in total. The number of hydrogen-bond acceptors (Lipinski definition) is 2. The molecule has 0 saturated carbocycles. The van der Waals surface area contributed by atoms with Gasteiger partial charge in [-0.2, -0.15) is 0 Å². The van der Waals surface area contributed by atoms with Gasteiger partial charge in [0.1, 0.15) is 0 Å². The molecule has 3 rings (SSSR count). The second-order valence-electron chi connectivity index (χ2n) is 5.17. The van der Waals surface area contributed by atoms with Crippen molar-refractivity contribution in [2.75, 3.05) is 11.9 Å². The summed E-state index contributed by atoms with van der Waals surface area (Å²) in [6, 6.07) is 14.8. The molecule has 3 N–H and O–H groups in total. The summed E-state index contributed by atoms with van der Waals surface area (Å²) in [7, 11) is 0. The minimum atomic E-state index is -0.292. The van der Waals surface area contributed by atoms with Crippen LogP contribution in [-0.2, 0) is 13.0 Å². The van der Waals surface area contributed by atoms with Gasteiger partial charge in [0.15, 0.2) is 0 Å². The largest absolute Gasteiger partial charge is 0.352 e. The maximum Gasteiger partial charge on any atom is 0.319 e. The molecule has 3 amide bonds. The fourth-order valence-electron chi connectivity index (χ4n) is 2.44. The molecule has 1 aliphatic heterocycles. The Morgan fingerprint density at radius 3 is 2.77 bits per heavy atom. The van der Waals surface area contributed by atoms with E-state index in [9.17, 15) is 9.59 Å². The summed E-state index contributed by atoms with van der Waals surface area (Å²) in [4.78, 5) is 23.7. The van der Waals surface area contributed by atoms with E-state index in [-0.39, 0.29) is 11.9 Å². The molecule has 2 aromatic carbocycles. The molecule has 1 aliphatic rings. The van der Waals surface area contributed by atoms with Gasteiger partial charge in [0.25, 0.3) is 5.91 Å². The highest BCUT2D eigenvalue weighted by Crippen LogP contribution is 2.19. The van der Waals surface area contributed by atoms with E-state index >= 15 is 0 Å². The van der Waals surface area contributed by atoms with Crippen LogP contribution in [0.3, 0.4) is 0 Å². The first kappa shape index (κ1) is 14.1. The second kappa shape index (κ2) is 6.30. The van der Waals surface area contributed by atoms with Gasteiger partial charge in [-0.1, -0.05) is 36.4 Å². The number of nitrogens with one attached hydrogen (secondary N) is 3. The summed E-state index contributed by atoms with van der Waals surface area (Å²) in [5.74, 6) is -0.0883. The van der Waals surface area contributed by atoms with Crippen LogP contribution in [0.15, 0.2) is 48.5 Å². The molecule has 0 bridgehead atoms. The van der Waals surface area contributed by atoms with Crippen LogP contribution in [0, 0.1) is 0 Å². The lowest BCUT2D eigenvalue weighted by Gasteiger charge is -2.17. The Hall–Kier alpha value is -2.82. The minimum Gasteiger partial charge on any atom is -0.352 e. The van der Waals surface area contributed by atoms with Crippen molar-refractivity contribution in [3.8, 4) is 0 Å². The lowest BCUT2D eigenvalue weighted by Crippen LogP contribution is -2.32. The normalized spacial score (nSPS) is 13.0. The topological polar surface area (TPSA) is 70.2 Å². The third kappa shape index (κ3) is 3.25. The zero-order valence-electron chi connectivity index (χ0n) is 12.1. The van der Waals surface area contributed by atoms with E-state index in [1.165, 1.54) is 0 Å². The summed E-state index contributed by atoms with van der Waals surface area (Å²) in [5.41, 5.74) is 3.29. The highest BCUT2D eigenvalue weighted by Gasteiger charge is 2.17. The Kier molecular flexibility index (Phi) is 4.05. The number of rotatable bonds is 3. The molecule has 0 spiro atoms. The molecule has 0 aliphatic carbocycles. The van der Waals surface area contributed by atoms with Gasteiger partial charge in [0.05, 0.1) is 0 Å². The monoisotopic (exact) mass is 295 g/mol. The number of anilines is 1. The van der Waals surface area contributed by atoms with Crippen LogP contribution in [-0.4, -0.2) is 18.5 Å². The third-order valence-electron chi connectivity index (χ3n) is 3.59. The number of urea groups is 1. The number of carbonyl (C=O) groups excluding carboxylic acids is 2. The lowest BCUT2D eigenvalue weighted by molar-refractivity contribution is 0.0946. The number of fused-ring (bicyclic) bond motifs is 1. The van der Waals surface area contributed by atoms with Crippen LogP contribution >= 0.6 is 0 Å². The van der Waals surface area contributed by atoms with Crippen molar-refractivity contribution in [2.24, 2.45) is 0 Å². The van der Waals surface area contributed by atoms with Crippen molar-refractivity contribution in [1.29, 1.82) is 0 Å². The van der Waals surface area contributed by atoms with Crippen LogP contribution < -0.4 is 16.0 Å². The Bertz CT molecular complexity index is 698. The number of benzene rings is 2. The molecule has 0 unspecified atom stereocenters. The van der Waals surface area contributed by atoms with E-state index in [4.69, 9.17) is 0 Å². The molecule has 1 heterocycles. The Balaban J connectivity index is 1.62. The van der Waals surface area contributed by atoms with Gasteiger partial charge in [0.2, 0.25) is 0 Å². The van der Waals surface area contributed by atoms with Crippen molar-refractivity contribution >= 4 is 17.6 Å². The third-order valence-corrected chi connectivity index (χ3v) is 3.59. The Morgan fingerprint density at radius 2 is 1.95 bits per heavy atom. The van der Waals surface area contributed by atoms with Gasteiger partial charge in [-0.05, 0) is 29.7 Å². The highest BCUT2D eigenvalue weighted by atomic mass is 16.2. The Labute approximate surface area is 128 Å². The number of carbonyl (C=O) groups is 2. The Morgan fingerprint density at radius 1 is 1.14 bits per heavy atom. The second-order valence-corrected chi connectivity index (χ2v) is 5.17. The van der Waals surface area contributed by atoms with E-state index < -0.39 is 0 Å². The molecule has 22 heavy (non-hydrogen) atoms. The van der Waals surface area contributed by atoms with E-state index in [0.29, 0.717) is 24.3 Å². The standard InChI is InChI=1S/C17H17N3O2/c21-16-15-10-14(7-6-13(15)8-9-18-16)20-17(22)19-11-12-4-2-1-3-5-12/h1-7,10H,8-9,11H2,(H,18,21)(H2,19,20,22). The van der Waals surface area contributed by atoms with Crippen LogP contribution in [0.25, 0.3) is 0 Å². The fourth-order valence-corrected chi connectivity index (χ4v) is 2.44. The van der Waals surface area contributed by atoms with Gasteiger partial charge < -0.3 is 16.0 Å². The molecule has 0 radical (unpaired) electrons. The molecule has 5 heteroatoms. The highest BCUT2D eigenvalue weighted by molar-refractivity contribution is 5.99.